The molecule has 3 atom stereocenters. The number of hydrogen-bond donors (Lipinski definition) is 4. The Morgan fingerprint density at radius 3 is 1.92 bits per heavy atom. The first-order valence-corrected chi connectivity index (χ1v) is 15.2. The number of allylic oxidation sites excluding steroid dienone is 2. The second kappa shape index (κ2) is 23.1. The van der Waals surface area contributed by atoms with Gasteiger partial charge in [0.25, 0.3) is 0 Å². The lowest BCUT2D eigenvalue weighted by Crippen LogP contribution is -2.42. The predicted molar refractivity (Wildman–Crippen MR) is 143 cm³/mol. The maximum atomic E-state index is 11.8. The largest absolute Gasteiger partial charge is 0.480 e. The molecule has 38 heavy (non-hydrogen) atoms. The summed E-state index contributed by atoms with van der Waals surface area (Å²) in [6.07, 6.45) is 18.4. The standard InChI is InChI=1S/C26H48NO10P/c1-3-4-5-6-7-8-9-10-11-12-13-14-15-16-17-18-25(30)35-19-23(29)20-36-38(33,34)37-21-24(26(31)32)27-22(2)28/h10-11,23-24,29H,3-9,12-21H2,1-2H3,(H,27,28)(H,31,32)(H,33,34)/b11-10-. The summed E-state index contributed by atoms with van der Waals surface area (Å²) in [6.45, 7) is 1.40. The monoisotopic (exact) mass is 565 g/mol. The maximum absolute atomic E-state index is 11.8. The van der Waals surface area contributed by atoms with Crippen LogP contribution in [0.5, 0.6) is 0 Å². The average molecular weight is 566 g/mol. The van der Waals surface area contributed by atoms with Crippen molar-refractivity contribution in [1.82, 2.24) is 5.32 Å². The number of aliphatic hydroxyl groups excluding tert-OH is 1. The molecule has 1 amide bonds. The first kappa shape index (κ1) is 36.2. The number of ether oxygens (including phenoxy) is 1. The zero-order chi connectivity index (χ0) is 28.7. The van der Waals surface area contributed by atoms with Crippen molar-refractivity contribution < 1.29 is 47.8 Å². The molecule has 0 fully saturated rings. The van der Waals surface area contributed by atoms with Crippen molar-refractivity contribution in [3.8, 4) is 0 Å². The highest BCUT2D eigenvalue weighted by molar-refractivity contribution is 7.47. The minimum absolute atomic E-state index is 0.215. The van der Waals surface area contributed by atoms with Crippen molar-refractivity contribution in [2.45, 2.75) is 116 Å². The van der Waals surface area contributed by atoms with Crippen LogP contribution in [0.25, 0.3) is 0 Å². The summed E-state index contributed by atoms with van der Waals surface area (Å²) < 4.78 is 25.9. The molecule has 11 nitrogen and oxygen atoms in total. The van der Waals surface area contributed by atoms with Crippen LogP contribution >= 0.6 is 7.82 Å². The molecular weight excluding hydrogens is 517 g/mol. The smallest absolute Gasteiger partial charge is 0.472 e. The van der Waals surface area contributed by atoms with Gasteiger partial charge in [-0.2, -0.15) is 0 Å². The van der Waals surface area contributed by atoms with Crippen LogP contribution in [0, 0.1) is 0 Å². The number of esters is 1. The molecule has 0 aromatic carbocycles. The van der Waals surface area contributed by atoms with Crippen molar-refractivity contribution in [1.29, 1.82) is 0 Å². The van der Waals surface area contributed by atoms with Gasteiger partial charge in [-0.15, -0.1) is 0 Å². The summed E-state index contributed by atoms with van der Waals surface area (Å²) in [7, 11) is -4.70. The van der Waals surface area contributed by atoms with Crippen LogP contribution in [0.4, 0.5) is 0 Å². The summed E-state index contributed by atoms with van der Waals surface area (Å²) in [5.41, 5.74) is 0. The van der Waals surface area contributed by atoms with Gasteiger partial charge in [-0.1, -0.05) is 70.4 Å². The molecule has 0 aromatic heterocycles. The fourth-order valence-corrected chi connectivity index (χ4v) is 4.23. The highest BCUT2D eigenvalue weighted by Gasteiger charge is 2.28. The fourth-order valence-electron chi connectivity index (χ4n) is 3.46. The minimum atomic E-state index is -4.70. The summed E-state index contributed by atoms with van der Waals surface area (Å²) in [5.74, 6) is -2.60. The van der Waals surface area contributed by atoms with Crippen molar-refractivity contribution in [3.63, 3.8) is 0 Å². The third-order valence-electron chi connectivity index (χ3n) is 5.59. The molecule has 0 heterocycles. The van der Waals surface area contributed by atoms with Gasteiger partial charge in [0, 0.05) is 13.3 Å². The Hall–Kier alpha value is -1.78. The number of nitrogens with one attached hydrogen (secondary N) is 1. The molecule has 222 valence electrons. The fraction of sp³-hybridized carbons (Fsp3) is 0.808. The number of rotatable bonds is 25. The molecule has 0 saturated carbocycles. The Labute approximate surface area is 226 Å². The number of carbonyl (C=O) groups excluding carboxylic acids is 2. The van der Waals surface area contributed by atoms with Gasteiger partial charge in [0.1, 0.15) is 12.7 Å². The SMILES string of the molecule is CCCCCCCC/C=C\CCCCCCCC(=O)OCC(O)COP(=O)(O)OCC(NC(C)=O)C(=O)O. The lowest BCUT2D eigenvalue weighted by molar-refractivity contribution is -0.147. The predicted octanol–water partition coefficient (Wildman–Crippen LogP) is 4.65. The lowest BCUT2D eigenvalue weighted by Gasteiger charge is -2.18. The Morgan fingerprint density at radius 1 is 0.842 bits per heavy atom. The van der Waals surface area contributed by atoms with E-state index in [1.54, 1.807) is 0 Å². The molecule has 0 aliphatic rings. The highest BCUT2D eigenvalue weighted by atomic mass is 31.2. The van der Waals surface area contributed by atoms with E-state index in [0.717, 1.165) is 45.4 Å². The first-order valence-electron chi connectivity index (χ1n) is 13.7. The number of phosphoric acid groups is 1. The first-order chi connectivity index (χ1) is 18.1. The van der Waals surface area contributed by atoms with Crippen LogP contribution in [-0.2, 0) is 32.7 Å². The van der Waals surface area contributed by atoms with Crippen LogP contribution in [0.1, 0.15) is 104 Å². The Kier molecular flexibility index (Phi) is 22.1. The number of carboxylic acid groups (broad SMARTS) is 1. The molecule has 0 radical (unpaired) electrons. The zero-order valence-corrected chi connectivity index (χ0v) is 23.9. The Morgan fingerprint density at radius 2 is 1.37 bits per heavy atom. The third kappa shape index (κ3) is 23.3. The van der Waals surface area contributed by atoms with E-state index in [0.29, 0.717) is 6.42 Å². The summed E-state index contributed by atoms with van der Waals surface area (Å²) in [4.78, 5) is 43.3. The average Bonchev–Trinajstić information content (AvgIpc) is 2.86. The van der Waals surface area contributed by atoms with Gasteiger partial charge in [0.15, 0.2) is 6.04 Å². The normalized spacial score (nSPS) is 14.6. The highest BCUT2D eigenvalue weighted by Crippen LogP contribution is 2.43. The summed E-state index contributed by atoms with van der Waals surface area (Å²) in [5, 5.41) is 20.8. The van der Waals surface area contributed by atoms with Crippen LogP contribution in [0.3, 0.4) is 0 Å². The topological polar surface area (TPSA) is 169 Å². The summed E-state index contributed by atoms with van der Waals surface area (Å²) >= 11 is 0. The van der Waals surface area contributed by atoms with E-state index in [2.05, 4.69) is 28.1 Å². The lowest BCUT2D eigenvalue weighted by atomic mass is 10.1. The molecule has 0 bridgehead atoms. The molecule has 12 heteroatoms. The number of amides is 1. The Balaban J connectivity index is 3.77. The van der Waals surface area contributed by atoms with Gasteiger partial charge in [-0.3, -0.25) is 18.6 Å². The van der Waals surface area contributed by atoms with Crippen molar-refractivity contribution >= 4 is 25.7 Å². The van der Waals surface area contributed by atoms with Gasteiger partial charge < -0.3 is 25.2 Å². The molecule has 3 unspecified atom stereocenters. The second-order valence-corrected chi connectivity index (χ2v) is 10.8. The second-order valence-electron chi connectivity index (χ2n) is 9.32. The number of carboxylic acids is 1. The molecular formula is C26H48NO10P. The van der Waals surface area contributed by atoms with Crippen LogP contribution < -0.4 is 5.32 Å². The van der Waals surface area contributed by atoms with Gasteiger partial charge in [0.2, 0.25) is 5.91 Å². The van der Waals surface area contributed by atoms with Gasteiger partial charge in [-0.05, 0) is 32.1 Å². The van der Waals surface area contributed by atoms with E-state index in [1.807, 2.05) is 5.32 Å². The van der Waals surface area contributed by atoms with Gasteiger partial charge in [0.05, 0.1) is 13.2 Å². The van der Waals surface area contributed by atoms with Crippen LogP contribution in [0.2, 0.25) is 0 Å². The van der Waals surface area contributed by atoms with E-state index in [9.17, 15) is 28.9 Å². The van der Waals surface area contributed by atoms with Gasteiger partial charge in [-0.25, -0.2) is 9.36 Å². The molecule has 0 rings (SSSR count). The number of aliphatic hydroxyl groups is 1. The minimum Gasteiger partial charge on any atom is -0.480 e. The van der Waals surface area contributed by atoms with E-state index in [1.165, 1.54) is 38.5 Å². The summed E-state index contributed by atoms with van der Waals surface area (Å²) in [6, 6.07) is -1.54. The van der Waals surface area contributed by atoms with Crippen molar-refractivity contribution in [2.24, 2.45) is 0 Å². The van der Waals surface area contributed by atoms with Crippen LogP contribution in [-0.4, -0.2) is 64.9 Å². The number of unbranched alkanes of at least 4 members (excludes halogenated alkanes) is 11. The number of carbonyl (C=O) groups is 3. The molecule has 0 aliphatic heterocycles. The zero-order valence-electron chi connectivity index (χ0n) is 23.0. The Bertz CT molecular complexity index is 731. The number of phosphoric ester groups is 1. The molecule has 0 aromatic rings. The van der Waals surface area contributed by atoms with E-state index < -0.39 is 57.6 Å². The number of aliphatic carboxylic acids is 1. The van der Waals surface area contributed by atoms with Crippen molar-refractivity contribution in [2.75, 3.05) is 19.8 Å². The quantitative estimate of drug-likeness (QED) is 0.0529. The van der Waals surface area contributed by atoms with E-state index in [4.69, 9.17) is 9.84 Å². The third-order valence-corrected chi connectivity index (χ3v) is 6.54. The van der Waals surface area contributed by atoms with Crippen LogP contribution in [0.15, 0.2) is 12.2 Å². The molecule has 4 N–H and O–H groups in total. The van der Waals surface area contributed by atoms with E-state index >= 15 is 0 Å². The molecule has 0 spiro atoms. The van der Waals surface area contributed by atoms with E-state index in [-0.39, 0.29) is 6.42 Å². The van der Waals surface area contributed by atoms with Crippen molar-refractivity contribution in [3.05, 3.63) is 12.2 Å². The molecule has 0 saturated heterocycles. The number of hydrogen-bond acceptors (Lipinski definition) is 8. The molecule has 0 aliphatic carbocycles. The van der Waals surface area contributed by atoms with Gasteiger partial charge >= 0.3 is 19.8 Å². The maximum Gasteiger partial charge on any atom is 0.472 e.